The van der Waals surface area contributed by atoms with Crippen molar-refractivity contribution in [2.24, 2.45) is 4.99 Å². The Morgan fingerprint density at radius 2 is 1.81 bits per heavy atom. The van der Waals surface area contributed by atoms with Crippen molar-refractivity contribution < 1.29 is 18.7 Å². The van der Waals surface area contributed by atoms with Crippen LogP contribution in [0.1, 0.15) is 6.42 Å². The second-order valence-electron chi connectivity index (χ2n) is 7.54. The summed E-state index contributed by atoms with van der Waals surface area (Å²) >= 11 is 1.31. The zero-order chi connectivity index (χ0) is 22.3. The highest BCUT2D eigenvalue weighted by Crippen LogP contribution is 2.31. The number of thioether (sulfide) groups is 1. The number of hydrogen-bond acceptors (Lipinski definition) is 6. The maximum absolute atomic E-state index is 13.2. The fraction of sp³-hybridized carbons (Fsp3) is 0.348. The Labute approximate surface area is 190 Å². The van der Waals surface area contributed by atoms with Gasteiger partial charge in [-0.2, -0.15) is 0 Å². The summed E-state index contributed by atoms with van der Waals surface area (Å²) in [5.41, 5.74) is 1.25. The van der Waals surface area contributed by atoms with Gasteiger partial charge in [-0.15, -0.1) is 0 Å². The van der Waals surface area contributed by atoms with Crippen LogP contribution in [0, 0.1) is 5.82 Å². The Morgan fingerprint density at radius 3 is 2.53 bits per heavy atom. The van der Waals surface area contributed by atoms with E-state index in [0.717, 1.165) is 25.3 Å². The number of carbonyl (C=O) groups excluding carboxylic acids is 2. The Morgan fingerprint density at radius 1 is 1.09 bits per heavy atom. The van der Waals surface area contributed by atoms with Crippen molar-refractivity contribution in [3.8, 4) is 0 Å². The molecular weight excluding hydrogens is 431 g/mol. The first-order valence-corrected chi connectivity index (χ1v) is 11.4. The van der Waals surface area contributed by atoms with Gasteiger partial charge in [0.1, 0.15) is 11.1 Å². The van der Waals surface area contributed by atoms with Gasteiger partial charge in [0.05, 0.1) is 18.9 Å². The molecule has 32 heavy (non-hydrogen) atoms. The third kappa shape index (κ3) is 5.93. The Balaban J connectivity index is 1.44. The summed E-state index contributed by atoms with van der Waals surface area (Å²) in [5.74, 6) is -0.786. The lowest BCUT2D eigenvalue weighted by Crippen LogP contribution is -2.43. The van der Waals surface area contributed by atoms with Crippen molar-refractivity contribution in [1.82, 2.24) is 9.80 Å². The predicted molar refractivity (Wildman–Crippen MR) is 124 cm³/mol. The van der Waals surface area contributed by atoms with Crippen LogP contribution in [0.5, 0.6) is 0 Å². The van der Waals surface area contributed by atoms with Gasteiger partial charge >= 0.3 is 0 Å². The summed E-state index contributed by atoms with van der Waals surface area (Å²) in [6.07, 6.45) is 0.0166. The van der Waals surface area contributed by atoms with E-state index in [1.165, 1.54) is 36.0 Å². The van der Waals surface area contributed by atoms with Gasteiger partial charge in [0.15, 0.2) is 5.17 Å². The lowest BCUT2D eigenvalue weighted by molar-refractivity contribution is -0.128. The quantitative estimate of drug-likeness (QED) is 0.693. The molecule has 4 rings (SSSR count). The standard InChI is InChI=1S/C23H25FN4O3S/c24-17-6-8-19(9-7-17)25-21(29)16-20-22(30)28(11-10-27-12-14-31-15-13-27)23(32-20)26-18-4-2-1-3-5-18/h1-9,20H,10-16H2,(H,25,29). The van der Waals surface area contributed by atoms with E-state index < -0.39 is 5.25 Å². The van der Waals surface area contributed by atoms with Crippen molar-refractivity contribution in [3.63, 3.8) is 0 Å². The number of rotatable bonds is 7. The van der Waals surface area contributed by atoms with Crippen molar-refractivity contribution in [3.05, 3.63) is 60.4 Å². The number of benzene rings is 2. The highest BCUT2D eigenvalue weighted by molar-refractivity contribution is 8.15. The molecule has 0 saturated carbocycles. The van der Waals surface area contributed by atoms with Gasteiger partial charge in [-0.1, -0.05) is 30.0 Å². The molecule has 2 aromatic carbocycles. The molecule has 1 unspecified atom stereocenters. The van der Waals surface area contributed by atoms with Crippen LogP contribution in [0.3, 0.4) is 0 Å². The number of amides is 2. The van der Waals surface area contributed by atoms with Gasteiger partial charge in [-0.05, 0) is 36.4 Å². The lowest BCUT2D eigenvalue weighted by Gasteiger charge is -2.28. The summed E-state index contributed by atoms with van der Waals surface area (Å²) in [6.45, 7) is 4.29. The molecule has 1 N–H and O–H groups in total. The number of halogens is 1. The molecule has 1 atom stereocenters. The third-order valence-electron chi connectivity index (χ3n) is 5.24. The van der Waals surface area contributed by atoms with Gasteiger partial charge in [-0.25, -0.2) is 9.38 Å². The molecule has 2 aliphatic rings. The number of aliphatic imine (C=N–C) groups is 1. The van der Waals surface area contributed by atoms with Crippen molar-refractivity contribution in [2.75, 3.05) is 44.7 Å². The van der Waals surface area contributed by atoms with E-state index >= 15 is 0 Å². The maximum Gasteiger partial charge on any atom is 0.242 e. The summed E-state index contributed by atoms with van der Waals surface area (Å²) in [6, 6.07) is 15.0. The molecule has 0 radical (unpaired) electrons. The number of carbonyl (C=O) groups is 2. The molecule has 2 saturated heterocycles. The zero-order valence-corrected chi connectivity index (χ0v) is 18.4. The molecule has 9 heteroatoms. The van der Waals surface area contributed by atoms with Crippen molar-refractivity contribution in [2.45, 2.75) is 11.7 Å². The molecule has 2 fully saturated rings. The van der Waals surface area contributed by atoms with Gasteiger partial charge < -0.3 is 10.1 Å². The molecule has 2 aliphatic heterocycles. The van der Waals surface area contributed by atoms with Crippen LogP contribution in [0.25, 0.3) is 0 Å². The number of nitrogens with zero attached hydrogens (tertiary/aromatic N) is 3. The van der Waals surface area contributed by atoms with E-state index in [4.69, 9.17) is 4.74 Å². The van der Waals surface area contributed by atoms with Crippen LogP contribution in [0.4, 0.5) is 15.8 Å². The number of hydrogen-bond donors (Lipinski definition) is 1. The second kappa shape index (κ2) is 10.7. The minimum Gasteiger partial charge on any atom is -0.379 e. The average Bonchev–Trinajstić information content (AvgIpc) is 3.09. The molecule has 2 heterocycles. The number of ether oxygens (including phenoxy) is 1. The average molecular weight is 457 g/mol. The first-order chi connectivity index (χ1) is 15.6. The number of para-hydroxylation sites is 1. The van der Waals surface area contributed by atoms with E-state index in [1.54, 1.807) is 4.90 Å². The largest absolute Gasteiger partial charge is 0.379 e. The predicted octanol–water partition coefficient (Wildman–Crippen LogP) is 3.12. The Kier molecular flexibility index (Phi) is 7.51. The number of nitrogens with one attached hydrogen (secondary N) is 1. The minimum atomic E-state index is -0.553. The van der Waals surface area contributed by atoms with Crippen LogP contribution in [0.15, 0.2) is 59.6 Å². The van der Waals surface area contributed by atoms with Crippen LogP contribution in [-0.4, -0.2) is 71.4 Å². The monoisotopic (exact) mass is 456 g/mol. The van der Waals surface area contributed by atoms with Crippen LogP contribution in [0.2, 0.25) is 0 Å². The van der Waals surface area contributed by atoms with Gasteiger partial charge in [-0.3, -0.25) is 19.4 Å². The zero-order valence-electron chi connectivity index (χ0n) is 17.6. The van der Waals surface area contributed by atoms with E-state index in [2.05, 4.69) is 15.2 Å². The Hall–Kier alpha value is -2.75. The van der Waals surface area contributed by atoms with Crippen LogP contribution < -0.4 is 5.32 Å². The highest BCUT2D eigenvalue weighted by atomic mass is 32.2. The second-order valence-corrected chi connectivity index (χ2v) is 8.71. The molecule has 0 spiro atoms. The normalized spacial score (nSPS) is 20.7. The molecule has 0 aromatic heterocycles. The van der Waals surface area contributed by atoms with E-state index in [1.807, 2.05) is 30.3 Å². The van der Waals surface area contributed by atoms with Crippen molar-refractivity contribution >= 4 is 40.1 Å². The van der Waals surface area contributed by atoms with Gasteiger partial charge in [0.25, 0.3) is 0 Å². The lowest BCUT2D eigenvalue weighted by atomic mass is 10.2. The Bertz CT molecular complexity index is 965. The third-order valence-corrected chi connectivity index (χ3v) is 6.42. The topological polar surface area (TPSA) is 74.2 Å². The minimum absolute atomic E-state index is 0.0166. The number of anilines is 1. The molecule has 7 nitrogen and oxygen atoms in total. The smallest absolute Gasteiger partial charge is 0.242 e. The van der Waals surface area contributed by atoms with Crippen molar-refractivity contribution in [1.29, 1.82) is 0 Å². The maximum atomic E-state index is 13.2. The first kappa shape index (κ1) is 22.4. The van der Waals surface area contributed by atoms with Gasteiger partial charge in [0.2, 0.25) is 11.8 Å². The summed E-state index contributed by atoms with van der Waals surface area (Å²) in [7, 11) is 0. The van der Waals surface area contributed by atoms with Gasteiger partial charge in [0, 0.05) is 38.3 Å². The fourth-order valence-corrected chi connectivity index (χ4v) is 4.71. The van der Waals surface area contributed by atoms with Crippen LogP contribution in [-0.2, 0) is 14.3 Å². The fourth-order valence-electron chi connectivity index (χ4n) is 3.52. The molecule has 2 amide bonds. The molecule has 2 aromatic rings. The summed E-state index contributed by atoms with van der Waals surface area (Å²) in [4.78, 5) is 34.3. The molecule has 0 bridgehead atoms. The van der Waals surface area contributed by atoms with E-state index in [0.29, 0.717) is 30.6 Å². The molecule has 168 valence electrons. The SMILES string of the molecule is O=C(CC1SC(=Nc2ccccc2)N(CCN2CCOCC2)C1=O)Nc1ccc(F)cc1. The number of morpholine rings is 1. The summed E-state index contributed by atoms with van der Waals surface area (Å²) in [5, 5.41) is 2.78. The highest BCUT2D eigenvalue weighted by Gasteiger charge is 2.39. The van der Waals surface area contributed by atoms with E-state index in [-0.39, 0.29) is 24.1 Å². The molecular formula is C23H25FN4O3S. The molecule has 0 aliphatic carbocycles. The van der Waals surface area contributed by atoms with Crippen LogP contribution >= 0.6 is 11.8 Å². The first-order valence-electron chi connectivity index (χ1n) is 10.6. The summed E-state index contributed by atoms with van der Waals surface area (Å²) < 4.78 is 18.5. The number of amidine groups is 1. The van der Waals surface area contributed by atoms with E-state index in [9.17, 15) is 14.0 Å².